The summed E-state index contributed by atoms with van der Waals surface area (Å²) in [5, 5.41) is 4.07. The summed E-state index contributed by atoms with van der Waals surface area (Å²) in [5.74, 6) is 0.365. The number of carbonyl (C=O) groups excluding carboxylic acids is 2. The van der Waals surface area contributed by atoms with Gasteiger partial charge in [-0.25, -0.2) is 0 Å². The van der Waals surface area contributed by atoms with Crippen molar-refractivity contribution in [2.45, 2.75) is 39.0 Å². The highest BCUT2D eigenvalue weighted by atomic mass is 16.5. The van der Waals surface area contributed by atoms with Crippen LogP contribution in [-0.4, -0.2) is 33.9 Å². The molecule has 5 rings (SSSR count). The Hall–Kier alpha value is -4.06. The Balaban J connectivity index is 1.53. The van der Waals surface area contributed by atoms with Crippen LogP contribution >= 0.6 is 0 Å². The number of carbonyl (C=O) groups is 2. The molecule has 4 aromatic rings. The number of fused-ring (bicyclic) bond motifs is 3. The van der Waals surface area contributed by atoms with Crippen molar-refractivity contribution in [3.63, 3.8) is 0 Å². The summed E-state index contributed by atoms with van der Waals surface area (Å²) < 4.78 is 7.42. The van der Waals surface area contributed by atoms with Crippen LogP contribution in [0.2, 0.25) is 0 Å². The Morgan fingerprint density at radius 1 is 1.03 bits per heavy atom. The van der Waals surface area contributed by atoms with Crippen LogP contribution < -0.4 is 10.1 Å². The molecule has 2 amide bonds. The molecule has 2 heterocycles. The zero-order valence-corrected chi connectivity index (χ0v) is 20.2. The fraction of sp³-hybridized carbons (Fsp3) is 0.241. The zero-order valence-electron chi connectivity index (χ0n) is 20.2. The first-order chi connectivity index (χ1) is 16.9. The zero-order chi connectivity index (χ0) is 24.6. The second-order valence-corrected chi connectivity index (χ2v) is 9.32. The van der Waals surface area contributed by atoms with E-state index in [2.05, 4.69) is 11.4 Å². The van der Waals surface area contributed by atoms with Crippen molar-refractivity contribution in [3.05, 3.63) is 101 Å². The van der Waals surface area contributed by atoms with E-state index in [0.717, 1.165) is 27.6 Å². The van der Waals surface area contributed by atoms with E-state index in [9.17, 15) is 9.59 Å². The number of hydrogen-bond donors (Lipinski definition) is 1. The van der Waals surface area contributed by atoms with E-state index in [1.165, 1.54) is 0 Å². The van der Waals surface area contributed by atoms with Crippen LogP contribution in [0.4, 0.5) is 0 Å². The predicted molar refractivity (Wildman–Crippen MR) is 136 cm³/mol. The van der Waals surface area contributed by atoms with E-state index in [4.69, 9.17) is 4.74 Å². The number of ether oxygens (including phenoxy) is 1. The Morgan fingerprint density at radius 3 is 2.60 bits per heavy atom. The van der Waals surface area contributed by atoms with Gasteiger partial charge in [-0.1, -0.05) is 66.2 Å². The lowest BCUT2D eigenvalue weighted by Gasteiger charge is -2.44. The number of aryl methyl sites for hydroxylation is 1. The minimum Gasteiger partial charge on any atom is -0.496 e. The number of hydrogen-bond acceptors (Lipinski definition) is 3. The first-order valence-corrected chi connectivity index (χ1v) is 11.8. The summed E-state index contributed by atoms with van der Waals surface area (Å²) in [6, 6.07) is 25.5. The van der Waals surface area contributed by atoms with Crippen LogP contribution in [0, 0.1) is 6.92 Å². The molecule has 35 heavy (non-hydrogen) atoms. The van der Waals surface area contributed by atoms with Gasteiger partial charge in [0.25, 0.3) is 5.91 Å². The molecule has 0 spiro atoms. The molecule has 1 aliphatic heterocycles. The number of nitrogens with one attached hydrogen (secondary N) is 1. The summed E-state index contributed by atoms with van der Waals surface area (Å²) in [4.78, 5) is 29.4. The molecule has 0 saturated carbocycles. The number of methoxy groups -OCH3 is 1. The smallest absolute Gasteiger partial charge is 0.271 e. The van der Waals surface area contributed by atoms with Crippen molar-refractivity contribution in [1.82, 2.24) is 14.8 Å². The molecule has 1 atom stereocenters. The van der Waals surface area contributed by atoms with E-state index < -0.39 is 5.54 Å². The lowest BCUT2D eigenvalue weighted by atomic mass is 9.93. The van der Waals surface area contributed by atoms with Crippen LogP contribution in [0.5, 0.6) is 5.75 Å². The van der Waals surface area contributed by atoms with Gasteiger partial charge in [0.05, 0.1) is 13.7 Å². The number of nitrogens with zero attached hydrogens (tertiary/aromatic N) is 2. The van der Waals surface area contributed by atoms with E-state index >= 15 is 0 Å². The fourth-order valence-corrected chi connectivity index (χ4v) is 4.96. The number of aromatic nitrogens is 1. The molecule has 0 unspecified atom stereocenters. The molecular weight excluding hydrogens is 438 g/mol. The quantitative estimate of drug-likeness (QED) is 0.448. The van der Waals surface area contributed by atoms with Gasteiger partial charge >= 0.3 is 0 Å². The first kappa shape index (κ1) is 22.7. The summed E-state index contributed by atoms with van der Waals surface area (Å²) in [6.45, 7) is 4.91. The van der Waals surface area contributed by atoms with Gasteiger partial charge in [-0.2, -0.15) is 0 Å². The van der Waals surface area contributed by atoms with Crippen LogP contribution in [0.1, 0.15) is 34.1 Å². The monoisotopic (exact) mass is 467 g/mol. The molecule has 0 radical (unpaired) electrons. The summed E-state index contributed by atoms with van der Waals surface area (Å²) >= 11 is 0. The molecular formula is C29H29N3O3. The third-order valence-electron chi connectivity index (χ3n) is 6.88. The van der Waals surface area contributed by atoms with Crippen LogP contribution in [0.15, 0.2) is 78.9 Å². The van der Waals surface area contributed by atoms with E-state index in [-0.39, 0.29) is 11.8 Å². The molecule has 0 bridgehead atoms. The molecule has 3 aromatic carbocycles. The van der Waals surface area contributed by atoms with Gasteiger partial charge in [0.2, 0.25) is 5.91 Å². The fourth-order valence-electron chi connectivity index (χ4n) is 4.96. The first-order valence-electron chi connectivity index (χ1n) is 11.8. The average Bonchev–Trinajstić information content (AvgIpc) is 3.23. The van der Waals surface area contributed by atoms with Crippen molar-refractivity contribution >= 4 is 22.7 Å². The molecule has 1 aliphatic rings. The van der Waals surface area contributed by atoms with Crippen LogP contribution in [0.25, 0.3) is 10.9 Å². The standard InChI is InChI=1S/C29H29N3O3/c1-20-9-8-10-21(15-20)18-32-27(33)25-16-22-11-4-6-13-24(22)31(25)19-29(32,2)28(34)30-17-23-12-5-7-14-26(23)35-3/h4-16H,17-19H2,1-3H3,(H,30,34)/t29-/m0/s1. The number of rotatable bonds is 6. The largest absolute Gasteiger partial charge is 0.496 e. The van der Waals surface area contributed by atoms with E-state index in [1.807, 2.05) is 91.2 Å². The van der Waals surface area contributed by atoms with Gasteiger partial charge in [-0.3, -0.25) is 9.59 Å². The maximum Gasteiger partial charge on any atom is 0.271 e. The van der Waals surface area contributed by atoms with Gasteiger partial charge in [0, 0.05) is 29.6 Å². The van der Waals surface area contributed by atoms with E-state index in [0.29, 0.717) is 31.1 Å². The molecule has 6 heteroatoms. The number of benzene rings is 3. The van der Waals surface area contributed by atoms with E-state index in [1.54, 1.807) is 12.0 Å². The minimum atomic E-state index is -1.09. The lowest BCUT2D eigenvalue weighted by Crippen LogP contribution is -2.63. The summed E-state index contributed by atoms with van der Waals surface area (Å²) in [5.41, 5.74) is 3.46. The highest BCUT2D eigenvalue weighted by molar-refractivity contribution is 6.03. The van der Waals surface area contributed by atoms with Gasteiger partial charge in [0.15, 0.2) is 0 Å². The second-order valence-electron chi connectivity index (χ2n) is 9.32. The molecule has 0 saturated heterocycles. The normalized spacial score (nSPS) is 17.3. The highest BCUT2D eigenvalue weighted by Crippen LogP contribution is 2.33. The third-order valence-corrected chi connectivity index (χ3v) is 6.88. The number of amides is 2. The van der Waals surface area contributed by atoms with Crippen molar-refractivity contribution in [2.75, 3.05) is 7.11 Å². The Labute approximate surface area is 205 Å². The maximum atomic E-state index is 13.9. The van der Waals surface area contributed by atoms with Crippen molar-refractivity contribution in [1.29, 1.82) is 0 Å². The van der Waals surface area contributed by atoms with Crippen LogP contribution in [-0.2, 0) is 24.4 Å². The molecule has 1 aromatic heterocycles. The SMILES string of the molecule is COc1ccccc1CNC(=O)[C@]1(C)Cn2c(cc3ccccc32)C(=O)N1Cc1cccc(C)c1. The van der Waals surface area contributed by atoms with Gasteiger partial charge in [0.1, 0.15) is 17.0 Å². The minimum absolute atomic E-state index is 0.149. The van der Waals surface area contributed by atoms with Gasteiger partial charge in [-0.15, -0.1) is 0 Å². The van der Waals surface area contributed by atoms with Crippen LogP contribution in [0.3, 0.4) is 0 Å². The Kier molecular flexibility index (Phi) is 5.81. The predicted octanol–water partition coefficient (Wildman–Crippen LogP) is 4.69. The molecule has 6 nitrogen and oxygen atoms in total. The molecule has 0 aliphatic carbocycles. The average molecular weight is 468 g/mol. The Morgan fingerprint density at radius 2 is 1.80 bits per heavy atom. The second kappa shape index (κ2) is 8.95. The van der Waals surface area contributed by atoms with Gasteiger partial charge in [-0.05, 0) is 37.6 Å². The topological polar surface area (TPSA) is 63.6 Å². The maximum absolute atomic E-state index is 13.9. The summed E-state index contributed by atoms with van der Waals surface area (Å²) in [6.07, 6.45) is 0. The third kappa shape index (κ3) is 4.05. The molecule has 1 N–H and O–H groups in total. The highest BCUT2D eigenvalue weighted by Gasteiger charge is 2.47. The number of para-hydroxylation sites is 2. The van der Waals surface area contributed by atoms with Crippen molar-refractivity contribution in [3.8, 4) is 5.75 Å². The Bertz CT molecular complexity index is 1420. The molecule has 0 fully saturated rings. The summed E-state index contributed by atoms with van der Waals surface area (Å²) in [7, 11) is 1.62. The van der Waals surface area contributed by atoms with Gasteiger partial charge < -0.3 is 19.5 Å². The molecule has 178 valence electrons. The van der Waals surface area contributed by atoms with Crippen molar-refractivity contribution < 1.29 is 14.3 Å². The lowest BCUT2D eigenvalue weighted by molar-refractivity contribution is -0.133. The van der Waals surface area contributed by atoms with Crippen molar-refractivity contribution in [2.24, 2.45) is 0 Å².